The van der Waals surface area contributed by atoms with E-state index in [9.17, 15) is 9.50 Å². The van der Waals surface area contributed by atoms with Gasteiger partial charge < -0.3 is 9.67 Å². The number of aliphatic hydroxyl groups is 1. The molecule has 0 saturated carbocycles. The lowest BCUT2D eigenvalue weighted by Crippen LogP contribution is -2.09. The summed E-state index contributed by atoms with van der Waals surface area (Å²) in [4.78, 5) is 8.66. The number of benzene rings is 2. The van der Waals surface area contributed by atoms with Crippen LogP contribution in [0.15, 0.2) is 85.5 Å². The van der Waals surface area contributed by atoms with Gasteiger partial charge in [-0.15, -0.1) is 0 Å². The predicted molar refractivity (Wildman–Crippen MR) is 112 cm³/mol. The van der Waals surface area contributed by atoms with Crippen molar-refractivity contribution < 1.29 is 9.50 Å². The molecule has 2 aromatic heterocycles. The highest BCUT2D eigenvalue weighted by atomic mass is 19.1. The maximum atomic E-state index is 13.2. The van der Waals surface area contributed by atoms with Crippen molar-refractivity contribution in [3.05, 3.63) is 108 Å². The smallest absolute Gasteiger partial charge is 0.123 e. The third-order valence-corrected chi connectivity index (χ3v) is 4.67. The number of pyridine rings is 1. The van der Waals surface area contributed by atoms with Crippen molar-refractivity contribution in [2.75, 3.05) is 0 Å². The second kappa shape index (κ2) is 8.63. The zero-order valence-electron chi connectivity index (χ0n) is 15.7. The lowest BCUT2D eigenvalue weighted by atomic mass is 10.1. The van der Waals surface area contributed by atoms with Crippen LogP contribution in [0.3, 0.4) is 0 Å². The fraction of sp³-hybridized carbons (Fsp3) is 0.0833. The lowest BCUT2D eigenvalue weighted by Gasteiger charge is -2.13. The quantitative estimate of drug-likeness (QED) is 0.509. The van der Waals surface area contributed by atoms with Crippen molar-refractivity contribution in [3.8, 4) is 11.3 Å². The summed E-state index contributed by atoms with van der Waals surface area (Å²) < 4.78 is 15.1. The van der Waals surface area contributed by atoms with E-state index in [0.717, 1.165) is 28.1 Å². The van der Waals surface area contributed by atoms with Crippen molar-refractivity contribution in [1.29, 1.82) is 0 Å². The summed E-state index contributed by atoms with van der Waals surface area (Å²) in [6.45, 7) is 0.342. The van der Waals surface area contributed by atoms with E-state index in [0.29, 0.717) is 6.54 Å². The van der Waals surface area contributed by atoms with Gasteiger partial charge >= 0.3 is 0 Å². The van der Waals surface area contributed by atoms with E-state index < -0.39 is 6.10 Å². The number of rotatable bonds is 6. The summed E-state index contributed by atoms with van der Waals surface area (Å²) in [7, 11) is 0. The third-order valence-electron chi connectivity index (χ3n) is 4.67. The van der Waals surface area contributed by atoms with Crippen LogP contribution in [0, 0.1) is 5.82 Å². The van der Waals surface area contributed by atoms with Gasteiger partial charge in [0.05, 0.1) is 30.4 Å². The molecule has 5 heteroatoms. The first-order chi connectivity index (χ1) is 14.2. The van der Waals surface area contributed by atoms with Crippen molar-refractivity contribution >= 4 is 12.2 Å². The first kappa shape index (κ1) is 18.8. The summed E-state index contributed by atoms with van der Waals surface area (Å²) >= 11 is 0. The summed E-state index contributed by atoms with van der Waals surface area (Å²) in [5.74, 6) is -0.267. The van der Waals surface area contributed by atoms with Gasteiger partial charge in [0, 0.05) is 23.5 Å². The van der Waals surface area contributed by atoms with Crippen LogP contribution in [0.25, 0.3) is 23.4 Å². The molecule has 4 rings (SSSR count). The van der Waals surface area contributed by atoms with Crippen LogP contribution in [0.1, 0.15) is 22.9 Å². The Morgan fingerprint density at radius 2 is 1.76 bits per heavy atom. The van der Waals surface area contributed by atoms with Gasteiger partial charge in [-0.3, -0.25) is 4.98 Å². The van der Waals surface area contributed by atoms with E-state index >= 15 is 0 Å². The summed E-state index contributed by atoms with van der Waals surface area (Å²) in [5, 5.41) is 10.6. The zero-order chi connectivity index (χ0) is 20.1. The first-order valence-electron chi connectivity index (χ1n) is 9.33. The van der Waals surface area contributed by atoms with Gasteiger partial charge in [-0.1, -0.05) is 54.6 Å². The molecular weight excluding hydrogens is 365 g/mol. The molecule has 1 N–H and O–H groups in total. The van der Waals surface area contributed by atoms with Crippen molar-refractivity contribution in [3.63, 3.8) is 0 Å². The lowest BCUT2D eigenvalue weighted by molar-refractivity contribution is 0.156. The average molecular weight is 385 g/mol. The monoisotopic (exact) mass is 385 g/mol. The number of halogens is 1. The topological polar surface area (TPSA) is 50.9 Å². The molecule has 0 fully saturated rings. The molecule has 4 nitrogen and oxygen atoms in total. The highest BCUT2D eigenvalue weighted by Crippen LogP contribution is 2.26. The maximum Gasteiger partial charge on any atom is 0.123 e. The van der Waals surface area contributed by atoms with Crippen molar-refractivity contribution in [2.24, 2.45) is 0 Å². The van der Waals surface area contributed by atoms with E-state index in [1.807, 2.05) is 53.1 Å². The van der Waals surface area contributed by atoms with E-state index in [4.69, 9.17) is 0 Å². The van der Waals surface area contributed by atoms with Gasteiger partial charge in [0.1, 0.15) is 5.82 Å². The molecule has 0 saturated heterocycles. The molecule has 0 aliphatic rings. The Bertz CT molecular complexity index is 1090. The molecule has 0 aliphatic carbocycles. The molecule has 2 aromatic carbocycles. The number of hydrogen-bond donors (Lipinski definition) is 1. The Labute approximate surface area is 168 Å². The standard InChI is InChI=1S/C24H20FN3O/c25-21-11-8-18(9-12-21)10-13-22-24(19-5-2-1-3-6-19)27-17-28(22)16-23(29)20-7-4-14-26-15-20/h1-15,17,23,29H,16H2/b13-10+. The summed E-state index contributed by atoms with van der Waals surface area (Å²) in [6.07, 6.45) is 8.21. The Kier molecular flexibility index (Phi) is 5.59. The van der Waals surface area contributed by atoms with Gasteiger partial charge in [0.15, 0.2) is 0 Å². The van der Waals surface area contributed by atoms with E-state index in [-0.39, 0.29) is 5.82 Å². The van der Waals surface area contributed by atoms with Crippen molar-refractivity contribution in [2.45, 2.75) is 12.6 Å². The summed E-state index contributed by atoms with van der Waals surface area (Å²) in [5.41, 5.74) is 4.30. The second-order valence-electron chi connectivity index (χ2n) is 6.68. The normalized spacial score (nSPS) is 12.3. The number of nitrogens with zero attached hydrogens (tertiary/aromatic N) is 3. The molecular formula is C24H20FN3O. The van der Waals surface area contributed by atoms with E-state index in [1.165, 1.54) is 12.1 Å². The van der Waals surface area contributed by atoms with Crippen LogP contribution in [-0.4, -0.2) is 19.6 Å². The number of imidazole rings is 1. The fourth-order valence-corrected chi connectivity index (χ4v) is 3.14. The SMILES string of the molecule is OC(Cn1cnc(-c2ccccc2)c1/C=C/c1ccc(F)cc1)c1cccnc1. The minimum Gasteiger partial charge on any atom is -0.386 e. The summed E-state index contributed by atoms with van der Waals surface area (Å²) in [6, 6.07) is 19.8. The minimum absolute atomic E-state index is 0.267. The molecule has 144 valence electrons. The van der Waals surface area contributed by atoms with Crippen LogP contribution in [0.5, 0.6) is 0 Å². The van der Waals surface area contributed by atoms with Gasteiger partial charge in [0.25, 0.3) is 0 Å². The second-order valence-corrected chi connectivity index (χ2v) is 6.68. The van der Waals surface area contributed by atoms with Crippen LogP contribution >= 0.6 is 0 Å². The third kappa shape index (κ3) is 4.47. The average Bonchev–Trinajstić information content (AvgIpc) is 3.17. The van der Waals surface area contributed by atoms with Gasteiger partial charge in [-0.05, 0) is 29.8 Å². The van der Waals surface area contributed by atoms with Crippen molar-refractivity contribution in [1.82, 2.24) is 14.5 Å². The fourth-order valence-electron chi connectivity index (χ4n) is 3.14. The Balaban J connectivity index is 1.69. The van der Waals surface area contributed by atoms with Gasteiger partial charge in [0.2, 0.25) is 0 Å². The Morgan fingerprint density at radius 3 is 2.48 bits per heavy atom. The van der Waals surface area contributed by atoms with Crippen LogP contribution in [0.2, 0.25) is 0 Å². The largest absolute Gasteiger partial charge is 0.386 e. The van der Waals surface area contributed by atoms with Gasteiger partial charge in [-0.25, -0.2) is 9.37 Å². The zero-order valence-corrected chi connectivity index (χ0v) is 15.7. The number of aliphatic hydroxyl groups excluding tert-OH is 1. The number of hydrogen-bond acceptors (Lipinski definition) is 3. The van der Waals surface area contributed by atoms with Crippen LogP contribution < -0.4 is 0 Å². The van der Waals surface area contributed by atoms with Gasteiger partial charge in [-0.2, -0.15) is 0 Å². The molecule has 4 aromatic rings. The molecule has 0 bridgehead atoms. The molecule has 0 aliphatic heterocycles. The Morgan fingerprint density at radius 1 is 0.966 bits per heavy atom. The molecule has 1 unspecified atom stereocenters. The van der Waals surface area contributed by atoms with Crippen LogP contribution in [-0.2, 0) is 6.54 Å². The predicted octanol–water partition coefficient (Wildman–Crippen LogP) is 4.99. The molecule has 1 atom stereocenters. The minimum atomic E-state index is -0.709. The highest BCUT2D eigenvalue weighted by molar-refractivity contribution is 5.77. The van der Waals surface area contributed by atoms with Crippen LogP contribution in [0.4, 0.5) is 4.39 Å². The molecule has 2 heterocycles. The first-order valence-corrected chi connectivity index (χ1v) is 9.33. The van der Waals surface area contributed by atoms with E-state index in [1.54, 1.807) is 36.9 Å². The van der Waals surface area contributed by atoms with E-state index in [2.05, 4.69) is 9.97 Å². The molecule has 0 spiro atoms. The molecule has 0 amide bonds. The maximum absolute atomic E-state index is 13.2. The Hall–Kier alpha value is -3.57. The highest BCUT2D eigenvalue weighted by Gasteiger charge is 2.15. The molecule has 29 heavy (non-hydrogen) atoms. The number of aromatic nitrogens is 3. The molecule has 0 radical (unpaired) electrons.